The molecule has 3 rings (SSSR count). The van der Waals surface area contributed by atoms with Crippen molar-refractivity contribution < 1.29 is 14.3 Å². The molecule has 2 aromatic carbocycles. The van der Waals surface area contributed by atoms with Crippen LogP contribution in [-0.4, -0.2) is 25.5 Å². The number of rotatable bonds is 4. The molecule has 112 valence electrons. The fourth-order valence-corrected chi connectivity index (χ4v) is 2.67. The molecular weight excluding hydrogens is 348 g/mol. The van der Waals surface area contributed by atoms with Crippen LogP contribution in [0.25, 0.3) is 0 Å². The molecule has 1 amide bonds. The maximum absolute atomic E-state index is 12.1. The number of anilines is 2. The maximum Gasteiger partial charge on any atom is 0.300 e. The number of halogens is 1. The van der Waals surface area contributed by atoms with E-state index < -0.39 is 11.7 Å². The van der Waals surface area contributed by atoms with Gasteiger partial charge in [0.2, 0.25) is 0 Å². The zero-order valence-electron chi connectivity index (χ0n) is 11.8. The Hall–Kier alpha value is -2.34. The molecule has 6 heteroatoms. The highest BCUT2D eigenvalue weighted by Crippen LogP contribution is 2.31. The number of carbonyl (C=O) groups is 2. The van der Waals surface area contributed by atoms with E-state index in [-0.39, 0.29) is 6.67 Å². The Labute approximate surface area is 136 Å². The van der Waals surface area contributed by atoms with E-state index in [2.05, 4.69) is 21.2 Å². The Morgan fingerprint density at radius 2 is 1.86 bits per heavy atom. The molecule has 0 aromatic heterocycles. The summed E-state index contributed by atoms with van der Waals surface area (Å²) in [5.41, 5.74) is 1.89. The van der Waals surface area contributed by atoms with Gasteiger partial charge in [-0.15, -0.1) is 0 Å². The number of carbonyl (C=O) groups excluding carboxylic acids is 2. The average Bonchev–Trinajstić information content (AvgIpc) is 2.77. The van der Waals surface area contributed by atoms with Gasteiger partial charge in [0.25, 0.3) is 5.78 Å². The highest BCUT2D eigenvalue weighted by atomic mass is 79.9. The number of amides is 1. The van der Waals surface area contributed by atoms with Crippen molar-refractivity contribution >= 4 is 39.0 Å². The van der Waals surface area contributed by atoms with E-state index in [0.29, 0.717) is 11.3 Å². The van der Waals surface area contributed by atoms with Gasteiger partial charge in [0.15, 0.2) is 0 Å². The fraction of sp³-hybridized carbons (Fsp3) is 0.125. The van der Waals surface area contributed by atoms with Crippen molar-refractivity contribution in [3.63, 3.8) is 0 Å². The van der Waals surface area contributed by atoms with E-state index in [9.17, 15) is 9.59 Å². The lowest BCUT2D eigenvalue weighted by Gasteiger charge is -2.18. The molecule has 0 bridgehead atoms. The van der Waals surface area contributed by atoms with Crippen LogP contribution in [0.2, 0.25) is 0 Å². The summed E-state index contributed by atoms with van der Waals surface area (Å²) in [5.74, 6) is -0.241. The highest BCUT2D eigenvalue weighted by molar-refractivity contribution is 9.10. The monoisotopic (exact) mass is 360 g/mol. The fourth-order valence-electron chi connectivity index (χ4n) is 2.31. The molecule has 1 aliphatic rings. The van der Waals surface area contributed by atoms with Crippen molar-refractivity contribution in [2.75, 3.05) is 24.0 Å². The summed E-state index contributed by atoms with van der Waals surface area (Å²) in [6.07, 6.45) is 0. The minimum atomic E-state index is -0.519. The van der Waals surface area contributed by atoms with Crippen molar-refractivity contribution in [3.05, 3.63) is 52.5 Å². The van der Waals surface area contributed by atoms with Crippen LogP contribution in [0.1, 0.15) is 10.4 Å². The molecule has 1 aliphatic heterocycles. The lowest BCUT2D eigenvalue weighted by atomic mass is 10.1. The highest BCUT2D eigenvalue weighted by Gasteiger charge is 2.35. The van der Waals surface area contributed by atoms with E-state index >= 15 is 0 Å². The first-order valence-electron chi connectivity index (χ1n) is 6.64. The zero-order valence-corrected chi connectivity index (χ0v) is 13.4. The maximum atomic E-state index is 12.1. The summed E-state index contributed by atoms with van der Waals surface area (Å²) in [7, 11) is 1.60. The Morgan fingerprint density at radius 1 is 1.14 bits per heavy atom. The smallest absolute Gasteiger partial charge is 0.300 e. The van der Waals surface area contributed by atoms with Crippen LogP contribution in [0, 0.1) is 0 Å². The van der Waals surface area contributed by atoms with Crippen molar-refractivity contribution in [1.82, 2.24) is 0 Å². The van der Waals surface area contributed by atoms with Gasteiger partial charge >= 0.3 is 5.91 Å². The second-order valence-corrected chi connectivity index (χ2v) is 5.70. The first kappa shape index (κ1) is 14.6. The van der Waals surface area contributed by atoms with Crippen molar-refractivity contribution in [3.8, 4) is 5.75 Å². The second kappa shape index (κ2) is 5.81. The largest absolute Gasteiger partial charge is 0.497 e. The Bertz CT molecular complexity index is 744. The number of ether oxygens (including phenoxy) is 1. The van der Waals surface area contributed by atoms with Crippen LogP contribution in [0.4, 0.5) is 11.4 Å². The molecule has 0 fully saturated rings. The van der Waals surface area contributed by atoms with E-state index in [0.717, 1.165) is 15.9 Å². The van der Waals surface area contributed by atoms with Crippen molar-refractivity contribution in [2.24, 2.45) is 0 Å². The summed E-state index contributed by atoms with van der Waals surface area (Å²) in [6, 6.07) is 12.6. The van der Waals surface area contributed by atoms with Gasteiger partial charge in [-0.1, -0.05) is 15.9 Å². The van der Waals surface area contributed by atoms with Crippen LogP contribution in [0.5, 0.6) is 5.75 Å². The number of hydrogen-bond acceptors (Lipinski definition) is 4. The quantitative estimate of drug-likeness (QED) is 0.851. The lowest BCUT2D eigenvalue weighted by molar-refractivity contribution is -0.114. The standard InChI is InChI=1S/C16H13BrN2O3/c1-22-12-5-3-11(4-6-12)18-9-19-14-7-2-10(17)8-13(14)15(20)16(19)21/h2-8,18H,9H2,1H3. The van der Waals surface area contributed by atoms with Gasteiger partial charge in [-0.25, -0.2) is 0 Å². The zero-order chi connectivity index (χ0) is 15.7. The van der Waals surface area contributed by atoms with Gasteiger partial charge in [-0.05, 0) is 42.5 Å². The van der Waals surface area contributed by atoms with Crippen molar-refractivity contribution in [2.45, 2.75) is 0 Å². The number of methoxy groups -OCH3 is 1. The van der Waals surface area contributed by atoms with Crippen molar-refractivity contribution in [1.29, 1.82) is 0 Å². The average molecular weight is 361 g/mol. The molecule has 0 atom stereocenters. The van der Waals surface area contributed by atoms with Gasteiger partial charge in [0, 0.05) is 10.2 Å². The molecule has 0 spiro atoms. The number of nitrogens with one attached hydrogen (secondary N) is 1. The van der Waals surface area contributed by atoms with Gasteiger partial charge in [0.05, 0.1) is 25.0 Å². The third-order valence-electron chi connectivity index (χ3n) is 3.46. The summed E-state index contributed by atoms with van der Waals surface area (Å²) >= 11 is 3.31. The molecule has 22 heavy (non-hydrogen) atoms. The molecule has 0 radical (unpaired) electrons. The predicted octanol–water partition coefficient (Wildman–Crippen LogP) is 3.06. The van der Waals surface area contributed by atoms with E-state index in [1.807, 2.05) is 30.3 Å². The van der Waals surface area contributed by atoms with E-state index in [1.54, 1.807) is 19.2 Å². The molecule has 0 saturated heterocycles. The topological polar surface area (TPSA) is 58.6 Å². The number of ketones is 1. The molecular formula is C16H13BrN2O3. The molecule has 0 aliphatic carbocycles. The second-order valence-electron chi connectivity index (χ2n) is 4.79. The van der Waals surface area contributed by atoms with Crippen LogP contribution in [0.3, 0.4) is 0 Å². The molecule has 5 nitrogen and oxygen atoms in total. The minimum absolute atomic E-state index is 0.228. The molecule has 0 saturated carbocycles. The van der Waals surface area contributed by atoms with Crippen LogP contribution < -0.4 is 15.0 Å². The minimum Gasteiger partial charge on any atom is -0.497 e. The molecule has 0 unspecified atom stereocenters. The number of Topliss-reactive ketones (excluding diaryl/α,β-unsaturated/α-hetero) is 1. The third kappa shape index (κ3) is 2.57. The number of benzene rings is 2. The first-order chi connectivity index (χ1) is 10.6. The van der Waals surface area contributed by atoms with Crippen LogP contribution in [0.15, 0.2) is 46.9 Å². The number of fused-ring (bicyclic) bond motifs is 1. The van der Waals surface area contributed by atoms with E-state index in [4.69, 9.17) is 4.74 Å². The molecule has 1 heterocycles. The SMILES string of the molecule is COc1ccc(NCN2C(=O)C(=O)c3cc(Br)ccc32)cc1. The lowest BCUT2D eigenvalue weighted by Crippen LogP contribution is -2.34. The van der Waals surface area contributed by atoms with Gasteiger partial charge in [-0.3, -0.25) is 14.5 Å². The Balaban J connectivity index is 1.78. The first-order valence-corrected chi connectivity index (χ1v) is 7.43. The van der Waals surface area contributed by atoms with Gasteiger partial charge in [-0.2, -0.15) is 0 Å². The van der Waals surface area contributed by atoms with E-state index in [1.165, 1.54) is 4.90 Å². The number of hydrogen-bond donors (Lipinski definition) is 1. The summed E-state index contributed by atoms with van der Waals surface area (Å²) in [4.78, 5) is 25.5. The van der Waals surface area contributed by atoms with Crippen LogP contribution >= 0.6 is 15.9 Å². The Kier molecular flexibility index (Phi) is 3.85. The summed E-state index contributed by atoms with van der Waals surface area (Å²) in [5, 5.41) is 3.13. The number of nitrogens with zero attached hydrogens (tertiary/aromatic N) is 1. The van der Waals surface area contributed by atoms with Gasteiger partial charge < -0.3 is 10.1 Å². The molecule has 1 N–H and O–H groups in total. The van der Waals surface area contributed by atoms with Crippen LogP contribution in [-0.2, 0) is 4.79 Å². The predicted molar refractivity (Wildman–Crippen MR) is 87.4 cm³/mol. The molecule has 2 aromatic rings. The summed E-state index contributed by atoms with van der Waals surface area (Å²) in [6.45, 7) is 0.228. The summed E-state index contributed by atoms with van der Waals surface area (Å²) < 4.78 is 5.87. The van der Waals surface area contributed by atoms with Gasteiger partial charge in [0.1, 0.15) is 5.75 Å². The Morgan fingerprint density at radius 3 is 2.55 bits per heavy atom. The third-order valence-corrected chi connectivity index (χ3v) is 3.96. The normalized spacial score (nSPS) is 13.3.